The number of para-hydroxylation sites is 1. The molecule has 2 rings (SSSR count). The van der Waals surface area contributed by atoms with E-state index in [1.807, 2.05) is 28.8 Å². The summed E-state index contributed by atoms with van der Waals surface area (Å²) < 4.78 is 2.02. The van der Waals surface area contributed by atoms with Gasteiger partial charge in [0, 0.05) is 18.9 Å². The summed E-state index contributed by atoms with van der Waals surface area (Å²) in [6.45, 7) is 4.36. The number of nitrogens with one attached hydrogen (secondary N) is 1. The van der Waals surface area contributed by atoms with Crippen molar-refractivity contribution < 1.29 is 9.59 Å². The molecule has 1 amide bonds. The van der Waals surface area contributed by atoms with Crippen LogP contribution in [0.4, 0.5) is 5.82 Å². The Labute approximate surface area is 112 Å². The Bertz CT molecular complexity index is 614. The number of aldehydes is 1. The van der Waals surface area contributed by atoms with Gasteiger partial charge in [0.1, 0.15) is 5.82 Å². The third kappa shape index (κ3) is 2.52. The van der Waals surface area contributed by atoms with Crippen molar-refractivity contribution >= 4 is 28.9 Å². The fourth-order valence-corrected chi connectivity index (χ4v) is 2.30. The van der Waals surface area contributed by atoms with Crippen molar-refractivity contribution in [1.29, 1.82) is 0 Å². The molecule has 1 N–H and O–H groups in total. The molecule has 0 fully saturated rings. The normalized spacial score (nSPS) is 10.6. The van der Waals surface area contributed by atoms with Gasteiger partial charge >= 0.3 is 0 Å². The van der Waals surface area contributed by atoms with Gasteiger partial charge in [-0.25, -0.2) is 0 Å². The van der Waals surface area contributed by atoms with E-state index in [2.05, 4.69) is 12.2 Å². The maximum Gasteiger partial charge on any atom is 0.222 e. The van der Waals surface area contributed by atoms with Crippen LogP contribution in [-0.4, -0.2) is 16.8 Å². The molecule has 0 unspecified atom stereocenters. The van der Waals surface area contributed by atoms with Crippen molar-refractivity contribution in [3.8, 4) is 0 Å². The third-order valence-corrected chi connectivity index (χ3v) is 3.16. The fraction of sp³-hybridized carbons (Fsp3) is 0.333. The second-order valence-electron chi connectivity index (χ2n) is 4.58. The van der Waals surface area contributed by atoms with Crippen molar-refractivity contribution in [2.24, 2.45) is 0 Å². The Hall–Kier alpha value is -2.10. The molecule has 0 aliphatic rings. The van der Waals surface area contributed by atoms with E-state index in [0.717, 1.165) is 36.6 Å². The Morgan fingerprint density at radius 2 is 2.11 bits per heavy atom. The maximum atomic E-state index is 11.3. The highest BCUT2D eigenvalue weighted by Crippen LogP contribution is 2.29. The van der Waals surface area contributed by atoms with Crippen LogP contribution in [0.2, 0.25) is 0 Å². The van der Waals surface area contributed by atoms with Crippen molar-refractivity contribution in [3.05, 3.63) is 29.8 Å². The molecule has 0 saturated heterocycles. The number of nitrogens with zero attached hydrogens (tertiary/aromatic N) is 1. The van der Waals surface area contributed by atoms with Gasteiger partial charge in [-0.15, -0.1) is 0 Å². The smallest absolute Gasteiger partial charge is 0.222 e. The molecule has 4 heteroatoms. The number of unbranched alkanes of at least 4 members (excludes halogenated alkanes) is 1. The number of hydrogen-bond acceptors (Lipinski definition) is 2. The molecule has 1 heterocycles. The van der Waals surface area contributed by atoms with E-state index >= 15 is 0 Å². The van der Waals surface area contributed by atoms with Gasteiger partial charge in [-0.1, -0.05) is 31.5 Å². The van der Waals surface area contributed by atoms with Gasteiger partial charge in [-0.2, -0.15) is 0 Å². The van der Waals surface area contributed by atoms with Crippen LogP contribution in [0.15, 0.2) is 24.3 Å². The zero-order valence-electron chi connectivity index (χ0n) is 11.3. The van der Waals surface area contributed by atoms with E-state index in [-0.39, 0.29) is 5.91 Å². The highest BCUT2D eigenvalue weighted by atomic mass is 16.1. The molecule has 4 nitrogen and oxygen atoms in total. The summed E-state index contributed by atoms with van der Waals surface area (Å²) in [5, 5.41) is 3.67. The number of carbonyl (C=O) groups excluding carboxylic acids is 2. The lowest BCUT2D eigenvalue weighted by Crippen LogP contribution is -2.12. The lowest BCUT2D eigenvalue weighted by molar-refractivity contribution is -0.114. The number of aryl methyl sites for hydroxylation is 1. The summed E-state index contributed by atoms with van der Waals surface area (Å²) in [5.74, 6) is 0.445. The summed E-state index contributed by atoms with van der Waals surface area (Å²) in [7, 11) is 0. The van der Waals surface area contributed by atoms with Crippen LogP contribution < -0.4 is 5.32 Å². The highest BCUT2D eigenvalue weighted by Gasteiger charge is 2.16. The fourth-order valence-electron chi connectivity index (χ4n) is 2.30. The number of aromatic nitrogens is 1. The number of rotatable bonds is 5. The quantitative estimate of drug-likeness (QED) is 0.837. The third-order valence-electron chi connectivity index (χ3n) is 3.16. The minimum Gasteiger partial charge on any atom is -0.327 e. The van der Waals surface area contributed by atoms with E-state index in [1.54, 1.807) is 0 Å². The summed E-state index contributed by atoms with van der Waals surface area (Å²) in [5.41, 5.74) is 1.55. The zero-order valence-corrected chi connectivity index (χ0v) is 11.3. The molecular formula is C15H18N2O2. The first-order chi connectivity index (χ1) is 9.19. The molecule has 0 atom stereocenters. The van der Waals surface area contributed by atoms with Gasteiger partial charge < -0.3 is 9.88 Å². The van der Waals surface area contributed by atoms with Gasteiger partial charge in [0.25, 0.3) is 0 Å². The molecule has 0 bridgehead atoms. The van der Waals surface area contributed by atoms with Crippen molar-refractivity contribution in [3.63, 3.8) is 0 Å². The van der Waals surface area contributed by atoms with Crippen LogP contribution in [0, 0.1) is 0 Å². The number of amides is 1. The van der Waals surface area contributed by atoms with Crippen molar-refractivity contribution in [2.45, 2.75) is 33.2 Å². The first kappa shape index (κ1) is 13.3. The van der Waals surface area contributed by atoms with Gasteiger partial charge in [0.05, 0.1) is 11.1 Å². The molecule has 0 spiro atoms. The average Bonchev–Trinajstić information content (AvgIpc) is 2.68. The molecule has 0 aliphatic carbocycles. The molecule has 0 aliphatic heterocycles. The summed E-state index contributed by atoms with van der Waals surface area (Å²) in [4.78, 5) is 22.7. The van der Waals surface area contributed by atoms with Gasteiger partial charge in [-0.3, -0.25) is 9.59 Å². The second kappa shape index (κ2) is 5.69. The van der Waals surface area contributed by atoms with Gasteiger partial charge in [-0.05, 0) is 12.5 Å². The minimum atomic E-state index is -0.163. The van der Waals surface area contributed by atoms with E-state index in [4.69, 9.17) is 0 Å². The number of fused-ring (bicyclic) bond motifs is 1. The molecule has 2 aromatic rings. The Balaban J connectivity index is 2.65. The first-order valence-electron chi connectivity index (χ1n) is 6.53. The van der Waals surface area contributed by atoms with Crippen LogP contribution in [0.5, 0.6) is 0 Å². The molecule has 19 heavy (non-hydrogen) atoms. The maximum absolute atomic E-state index is 11.3. The largest absolute Gasteiger partial charge is 0.327 e. The Morgan fingerprint density at radius 1 is 1.37 bits per heavy atom. The monoisotopic (exact) mass is 258 g/mol. The highest BCUT2D eigenvalue weighted by molar-refractivity contribution is 6.06. The first-order valence-corrected chi connectivity index (χ1v) is 6.53. The van der Waals surface area contributed by atoms with E-state index in [1.165, 1.54) is 6.92 Å². The van der Waals surface area contributed by atoms with Crippen LogP contribution in [-0.2, 0) is 11.3 Å². The average molecular weight is 258 g/mol. The van der Waals surface area contributed by atoms with Crippen molar-refractivity contribution in [2.75, 3.05) is 5.32 Å². The Morgan fingerprint density at radius 3 is 2.74 bits per heavy atom. The standard InChI is InChI=1S/C15H18N2O2/c1-3-4-9-17-14-8-6-5-7-12(14)13(10-18)15(17)16-11(2)19/h5-8,10H,3-4,9H2,1-2H3,(H,16,19). The topological polar surface area (TPSA) is 51.1 Å². The molecule has 1 aromatic carbocycles. The van der Waals surface area contributed by atoms with Crippen LogP contribution in [0.3, 0.4) is 0 Å². The van der Waals surface area contributed by atoms with Gasteiger partial charge in [0.2, 0.25) is 5.91 Å². The van der Waals surface area contributed by atoms with Crippen molar-refractivity contribution in [1.82, 2.24) is 4.57 Å². The predicted molar refractivity (Wildman–Crippen MR) is 76.5 cm³/mol. The number of benzene rings is 1. The van der Waals surface area contributed by atoms with Crippen LogP contribution >= 0.6 is 0 Å². The number of hydrogen-bond donors (Lipinski definition) is 1. The molecular weight excluding hydrogens is 240 g/mol. The van der Waals surface area contributed by atoms with E-state index < -0.39 is 0 Å². The Kier molecular flexibility index (Phi) is 4.00. The SMILES string of the molecule is CCCCn1c(NC(C)=O)c(C=O)c2ccccc21. The molecule has 100 valence electrons. The van der Waals surface area contributed by atoms with E-state index in [9.17, 15) is 9.59 Å². The summed E-state index contributed by atoms with van der Waals surface area (Å²) >= 11 is 0. The molecule has 1 aromatic heterocycles. The van der Waals surface area contributed by atoms with E-state index in [0.29, 0.717) is 11.4 Å². The minimum absolute atomic E-state index is 0.163. The van der Waals surface area contributed by atoms with Crippen LogP contribution in [0.25, 0.3) is 10.9 Å². The summed E-state index contributed by atoms with van der Waals surface area (Å²) in [6, 6.07) is 7.73. The number of carbonyl (C=O) groups is 2. The lowest BCUT2D eigenvalue weighted by atomic mass is 10.2. The number of anilines is 1. The lowest BCUT2D eigenvalue weighted by Gasteiger charge is -2.10. The van der Waals surface area contributed by atoms with Crippen LogP contribution in [0.1, 0.15) is 37.0 Å². The molecule has 0 radical (unpaired) electrons. The summed E-state index contributed by atoms with van der Waals surface area (Å²) in [6.07, 6.45) is 2.88. The molecule has 0 saturated carbocycles. The second-order valence-corrected chi connectivity index (χ2v) is 4.58. The predicted octanol–water partition coefficient (Wildman–Crippen LogP) is 3.21. The zero-order chi connectivity index (χ0) is 13.8. The van der Waals surface area contributed by atoms with Gasteiger partial charge in [0.15, 0.2) is 6.29 Å².